The van der Waals surface area contributed by atoms with Crippen molar-refractivity contribution in [2.45, 2.75) is 32.4 Å². The zero-order chi connectivity index (χ0) is 17.2. The van der Waals surface area contributed by atoms with Crippen molar-refractivity contribution >= 4 is 19.1 Å². The van der Waals surface area contributed by atoms with Crippen LogP contribution in [-0.4, -0.2) is 33.8 Å². The Bertz CT molecular complexity index is 895. The molecule has 0 atom stereocenters. The lowest BCUT2D eigenvalue weighted by molar-refractivity contribution is 0.0870. The lowest BCUT2D eigenvalue weighted by Gasteiger charge is -2.16. The number of aromatic nitrogens is 4. The van der Waals surface area contributed by atoms with Gasteiger partial charge in [0.05, 0.1) is 5.39 Å². The number of imidazole rings is 1. The third kappa shape index (κ3) is 3.63. The van der Waals surface area contributed by atoms with Crippen molar-refractivity contribution in [1.82, 2.24) is 19.1 Å². The summed E-state index contributed by atoms with van der Waals surface area (Å²) in [5, 5.41) is 0.578. The van der Waals surface area contributed by atoms with Gasteiger partial charge in [0.1, 0.15) is 6.73 Å². The van der Waals surface area contributed by atoms with Crippen molar-refractivity contribution in [1.29, 1.82) is 0 Å². The standard InChI is InChI=1S/C17H22N4O2Si/c1-24(2,3)12-11-23-13-20-10-8-19-17(20)21-9-6-15(22)14-5-4-7-18-16(14)21/h4-10H,11-13H2,1-3H3. The zero-order valence-electron chi connectivity index (χ0n) is 14.3. The van der Waals surface area contributed by atoms with E-state index in [1.54, 1.807) is 30.7 Å². The molecule has 7 heteroatoms. The second kappa shape index (κ2) is 6.70. The molecular weight excluding hydrogens is 320 g/mol. The number of hydrogen-bond acceptors (Lipinski definition) is 4. The summed E-state index contributed by atoms with van der Waals surface area (Å²) in [5.41, 5.74) is 0.554. The van der Waals surface area contributed by atoms with Gasteiger partial charge < -0.3 is 4.74 Å². The fraction of sp³-hybridized carbons (Fsp3) is 0.353. The van der Waals surface area contributed by atoms with Crippen molar-refractivity contribution in [3.63, 3.8) is 0 Å². The highest BCUT2D eigenvalue weighted by molar-refractivity contribution is 6.76. The van der Waals surface area contributed by atoms with E-state index in [4.69, 9.17) is 4.74 Å². The number of hydrogen-bond donors (Lipinski definition) is 0. The van der Waals surface area contributed by atoms with Crippen LogP contribution in [0.25, 0.3) is 17.0 Å². The first kappa shape index (κ1) is 16.6. The van der Waals surface area contributed by atoms with Gasteiger partial charge >= 0.3 is 0 Å². The summed E-state index contributed by atoms with van der Waals surface area (Å²) < 4.78 is 9.55. The van der Waals surface area contributed by atoms with Crippen LogP contribution in [0.4, 0.5) is 0 Å². The van der Waals surface area contributed by atoms with Crippen LogP contribution in [0.5, 0.6) is 0 Å². The fourth-order valence-corrected chi connectivity index (χ4v) is 3.17. The molecule has 0 saturated heterocycles. The van der Waals surface area contributed by atoms with Gasteiger partial charge in [-0.05, 0) is 18.2 Å². The van der Waals surface area contributed by atoms with Crippen LogP contribution in [0.3, 0.4) is 0 Å². The first-order valence-electron chi connectivity index (χ1n) is 8.01. The highest BCUT2D eigenvalue weighted by atomic mass is 28.3. The first-order chi connectivity index (χ1) is 11.5. The molecule has 0 aliphatic heterocycles. The average Bonchev–Trinajstić information content (AvgIpc) is 3.00. The van der Waals surface area contributed by atoms with E-state index < -0.39 is 8.07 Å². The maximum absolute atomic E-state index is 12.0. The molecule has 3 aromatic rings. The molecule has 3 aromatic heterocycles. The van der Waals surface area contributed by atoms with Crippen LogP contribution in [0.2, 0.25) is 25.7 Å². The SMILES string of the molecule is C[Si](C)(C)CCOCn1ccnc1-n1ccc(=O)c2cccnc21. The number of nitrogens with zero attached hydrogens (tertiary/aromatic N) is 4. The Morgan fingerprint density at radius 3 is 2.75 bits per heavy atom. The topological polar surface area (TPSA) is 61.9 Å². The van der Waals surface area contributed by atoms with Crippen LogP contribution in [-0.2, 0) is 11.5 Å². The van der Waals surface area contributed by atoms with Crippen LogP contribution < -0.4 is 5.43 Å². The van der Waals surface area contributed by atoms with Gasteiger partial charge in [-0.15, -0.1) is 0 Å². The van der Waals surface area contributed by atoms with E-state index in [0.29, 0.717) is 23.7 Å². The van der Waals surface area contributed by atoms with Crippen molar-refractivity contribution in [3.8, 4) is 5.95 Å². The third-order valence-electron chi connectivity index (χ3n) is 3.79. The van der Waals surface area contributed by atoms with E-state index in [9.17, 15) is 4.79 Å². The second-order valence-electron chi connectivity index (χ2n) is 6.97. The van der Waals surface area contributed by atoms with Gasteiger partial charge in [-0.1, -0.05) is 19.6 Å². The number of pyridine rings is 2. The lowest BCUT2D eigenvalue weighted by Crippen LogP contribution is -2.22. The van der Waals surface area contributed by atoms with E-state index in [2.05, 4.69) is 29.6 Å². The Kier molecular flexibility index (Phi) is 4.63. The summed E-state index contributed by atoms with van der Waals surface area (Å²) in [6, 6.07) is 6.20. The maximum atomic E-state index is 12.0. The van der Waals surface area contributed by atoms with E-state index in [0.717, 1.165) is 12.7 Å². The quantitative estimate of drug-likeness (QED) is 0.510. The highest BCUT2D eigenvalue weighted by Crippen LogP contribution is 2.13. The van der Waals surface area contributed by atoms with Crippen molar-refractivity contribution < 1.29 is 4.74 Å². The predicted octanol–water partition coefficient (Wildman–Crippen LogP) is 2.89. The van der Waals surface area contributed by atoms with Crippen LogP contribution in [0.15, 0.2) is 47.8 Å². The van der Waals surface area contributed by atoms with Crippen LogP contribution in [0, 0.1) is 0 Å². The van der Waals surface area contributed by atoms with Crippen molar-refractivity contribution in [3.05, 3.63) is 53.2 Å². The van der Waals surface area contributed by atoms with E-state index in [1.165, 1.54) is 6.07 Å². The molecule has 6 nitrogen and oxygen atoms in total. The minimum atomic E-state index is -1.10. The number of fused-ring (bicyclic) bond motifs is 1. The molecule has 0 saturated carbocycles. The largest absolute Gasteiger partial charge is 0.361 e. The summed E-state index contributed by atoms with van der Waals surface area (Å²) >= 11 is 0. The molecule has 3 rings (SSSR count). The summed E-state index contributed by atoms with van der Waals surface area (Å²) in [5.74, 6) is 0.687. The summed E-state index contributed by atoms with van der Waals surface area (Å²) in [6.45, 7) is 8.17. The smallest absolute Gasteiger partial charge is 0.217 e. The molecule has 0 amide bonds. The van der Waals surface area contributed by atoms with E-state index >= 15 is 0 Å². The number of ether oxygens (including phenoxy) is 1. The molecule has 0 aliphatic carbocycles. The molecule has 0 N–H and O–H groups in total. The summed E-state index contributed by atoms with van der Waals surface area (Å²) in [7, 11) is -1.10. The molecule has 0 spiro atoms. The van der Waals surface area contributed by atoms with E-state index in [-0.39, 0.29) is 5.43 Å². The predicted molar refractivity (Wildman–Crippen MR) is 97.2 cm³/mol. The third-order valence-corrected chi connectivity index (χ3v) is 5.50. The molecule has 0 fully saturated rings. The molecule has 0 radical (unpaired) electrons. The zero-order valence-corrected chi connectivity index (χ0v) is 15.3. The fourth-order valence-electron chi connectivity index (χ4n) is 2.41. The molecule has 126 valence electrons. The Labute approximate surface area is 141 Å². The van der Waals surface area contributed by atoms with Crippen molar-refractivity contribution in [2.24, 2.45) is 0 Å². The average molecular weight is 342 g/mol. The maximum Gasteiger partial charge on any atom is 0.217 e. The van der Waals surface area contributed by atoms with Crippen LogP contribution >= 0.6 is 0 Å². The van der Waals surface area contributed by atoms with Gasteiger partial charge in [0.15, 0.2) is 11.1 Å². The molecule has 0 aromatic carbocycles. The van der Waals surface area contributed by atoms with Gasteiger partial charge in [-0.25, -0.2) is 9.97 Å². The minimum absolute atomic E-state index is 0.0427. The molecular formula is C17H22N4O2Si. The lowest BCUT2D eigenvalue weighted by atomic mass is 10.3. The molecule has 0 aliphatic rings. The minimum Gasteiger partial charge on any atom is -0.361 e. The summed E-state index contributed by atoms with van der Waals surface area (Å²) in [6.07, 6.45) is 6.98. The van der Waals surface area contributed by atoms with Gasteiger partial charge in [-0.2, -0.15) is 0 Å². The molecule has 0 unspecified atom stereocenters. The molecule has 0 bridgehead atoms. The Balaban J connectivity index is 1.86. The van der Waals surface area contributed by atoms with Gasteiger partial charge in [0, 0.05) is 45.5 Å². The van der Waals surface area contributed by atoms with E-state index in [1.807, 2.05) is 15.3 Å². The number of rotatable bonds is 6. The normalized spacial score (nSPS) is 12.0. The van der Waals surface area contributed by atoms with Gasteiger partial charge in [0.25, 0.3) is 0 Å². The summed E-state index contributed by atoms with van der Waals surface area (Å²) in [4.78, 5) is 20.7. The Morgan fingerprint density at radius 1 is 1.12 bits per heavy atom. The monoisotopic (exact) mass is 342 g/mol. The highest BCUT2D eigenvalue weighted by Gasteiger charge is 2.13. The van der Waals surface area contributed by atoms with Crippen molar-refractivity contribution in [2.75, 3.05) is 6.61 Å². The molecule has 3 heterocycles. The van der Waals surface area contributed by atoms with Gasteiger partial charge in [0.2, 0.25) is 5.95 Å². The Hall–Kier alpha value is -2.25. The van der Waals surface area contributed by atoms with Gasteiger partial charge in [-0.3, -0.25) is 13.9 Å². The molecule has 24 heavy (non-hydrogen) atoms. The van der Waals surface area contributed by atoms with Crippen LogP contribution in [0.1, 0.15) is 0 Å². The first-order valence-corrected chi connectivity index (χ1v) is 11.7. The Morgan fingerprint density at radius 2 is 1.96 bits per heavy atom. The second-order valence-corrected chi connectivity index (χ2v) is 12.6.